The van der Waals surface area contributed by atoms with Gasteiger partial charge in [-0.2, -0.15) is 0 Å². The highest BCUT2D eigenvalue weighted by Gasteiger charge is 2.26. The molecule has 36 heavy (non-hydrogen) atoms. The summed E-state index contributed by atoms with van der Waals surface area (Å²) in [5, 5.41) is 0. The van der Waals surface area contributed by atoms with Gasteiger partial charge in [0, 0.05) is 17.8 Å². The molecule has 0 unspecified atom stereocenters. The van der Waals surface area contributed by atoms with Crippen LogP contribution < -0.4 is 11.5 Å². The Labute approximate surface area is 211 Å². The highest BCUT2D eigenvalue weighted by Crippen LogP contribution is 2.36. The van der Waals surface area contributed by atoms with Crippen molar-refractivity contribution >= 4 is 28.4 Å². The third-order valence-electron chi connectivity index (χ3n) is 7.34. The Morgan fingerprint density at radius 1 is 1.00 bits per heavy atom. The van der Waals surface area contributed by atoms with Crippen LogP contribution in [0.1, 0.15) is 29.5 Å². The largest absolute Gasteiger partial charge is 0.469 e. The summed E-state index contributed by atoms with van der Waals surface area (Å²) in [6.07, 6.45) is 1.61. The fourth-order valence-corrected chi connectivity index (χ4v) is 5.18. The van der Waals surface area contributed by atoms with E-state index in [1.54, 1.807) is 0 Å². The van der Waals surface area contributed by atoms with E-state index >= 15 is 0 Å². The summed E-state index contributed by atoms with van der Waals surface area (Å²) in [5.74, 6) is 0.432. The molecule has 7 nitrogen and oxygen atoms in total. The van der Waals surface area contributed by atoms with Crippen LogP contribution in [0.15, 0.2) is 52.9 Å². The molecule has 1 aliphatic heterocycles. The van der Waals surface area contributed by atoms with Crippen molar-refractivity contribution in [1.29, 1.82) is 0 Å². The lowest BCUT2D eigenvalue weighted by atomic mass is 9.93. The second-order valence-electron chi connectivity index (χ2n) is 9.62. The first-order valence-corrected chi connectivity index (χ1v) is 12.3. The van der Waals surface area contributed by atoms with Crippen LogP contribution in [0, 0.1) is 19.8 Å². The molecule has 0 radical (unpaired) electrons. The highest BCUT2D eigenvalue weighted by atomic mass is 16.5. The predicted octanol–water partition coefficient (Wildman–Crippen LogP) is 5.33. The normalized spacial score (nSPS) is 14.9. The highest BCUT2D eigenvalue weighted by molar-refractivity contribution is 5.88. The number of piperidine rings is 1. The molecule has 0 atom stereocenters. The van der Waals surface area contributed by atoms with Crippen LogP contribution in [0.25, 0.3) is 33.7 Å². The molecule has 186 valence electrons. The number of carbonyl (C=O) groups excluding carboxylic acids is 1. The van der Waals surface area contributed by atoms with Gasteiger partial charge in [-0.05, 0) is 91.9 Å². The van der Waals surface area contributed by atoms with Crippen LogP contribution >= 0.6 is 0 Å². The number of aromatic nitrogens is 1. The van der Waals surface area contributed by atoms with Gasteiger partial charge >= 0.3 is 5.97 Å². The third kappa shape index (κ3) is 4.42. The van der Waals surface area contributed by atoms with Crippen molar-refractivity contribution in [1.82, 2.24) is 9.88 Å². The molecule has 1 fully saturated rings. The van der Waals surface area contributed by atoms with Crippen molar-refractivity contribution in [3.8, 4) is 22.6 Å². The molecule has 5 rings (SSSR count). The Kier molecular flexibility index (Phi) is 6.41. The van der Waals surface area contributed by atoms with Gasteiger partial charge in [0.25, 0.3) is 0 Å². The van der Waals surface area contributed by atoms with Crippen molar-refractivity contribution in [2.24, 2.45) is 5.92 Å². The lowest BCUT2D eigenvalue weighted by Crippen LogP contribution is -2.36. The Morgan fingerprint density at radius 3 is 2.39 bits per heavy atom. The van der Waals surface area contributed by atoms with E-state index in [2.05, 4.69) is 24.0 Å². The second kappa shape index (κ2) is 9.66. The van der Waals surface area contributed by atoms with E-state index in [0.717, 1.165) is 77.1 Å². The molecule has 1 aromatic heterocycles. The van der Waals surface area contributed by atoms with Gasteiger partial charge in [0.05, 0.1) is 18.7 Å². The molecule has 4 N–H and O–H groups in total. The molecular formula is C29H32N4O3. The van der Waals surface area contributed by atoms with Gasteiger partial charge in [-0.15, -0.1) is 0 Å². The fraction of sp³-hybridized carbons (Fsp3) is 0.310. The van der Waals surface area contributed by atoms with Gasteiger partial charge in [-0.25, -0.2) is 4.98 Å². The molecule has 0 amide bonds. The number of likely N-dealkylation sites (tertiary alicyclic amines) is 1. The summed E-state index contributed by atoms with van der Waals surface area (Å²) < 4.78 is 11.1. The van der Waals surface area contributed by atoms with Gasteiger partial charge in [0.1, 0.15) is 5.52 Å². The Hall–Kier alpha value is -3.84. The van der Waals surface area contributed by atoms with Gasteiger partial charge in [0.15, 0.2) is 5.58 Å². The Bertz CT molecular complexity index is 1430. The van der Waals surface area contributed by atoms with Crippen molar-refractivity contribution < 1.29 is 13.9 Å². The van der Waals surface area contributed by atoms with Gasteiger partial charge in [-0.1, -0.05) is 24.3 Å². The number of fused-ring (bicyclic) bond motifs is 1. The number of esters is 1. The number of ether oxygens (including phenoxy) is 1. The molecule has 0 bridgehead atoms. The Morgan fingerprint density at radius 2 is 1.67 bits per heavy atom. The van der Waals surface area contributed by atoms with Gasteiger partial charge in [0.2, 0.25) is 5.89 Å². The number of anilines is 2. The fourth-order valence-electron chi connectivity index (χ4n) is 5.18. The first-order chi connectivity index (χ1) is 17.4. The quantitative estimate of drug-likeness (QED) is 0.291. The molecule has 1 aliphatic rings. The van der Waals surface area contributed by atoms with E-state index in [4.69, 9.17) is 25.6 Å². The molecule has 7 heteroatoms. The Balaban J connectivity index is 1.42. The van der Waals surface area contributed by atoms with Crippen molar-refractivity contribution in [3.05, 3.63) is 65.2 Å². The molecule has 3 aromatic carbocycles. The summed E-state index contributed by atoms with van der Waals surface area (Å²) in [5.41, 5.74) is 21.6. The minimum absolute atomic E-state index is 0.00739. The molecule has 0 spiro atoms. The molecule has 0 saturated carbocycles. The van der Waals surface area contributed by atoms with Gasteiger partial charge < -0.3 is 20.6 Å². The van der Waals surface area contributed by atoms with Crippen LogP contribution in [0.2, 0.25) is 0 Å². The standard InChI is InChI=1S/C29H32N4O3/c1-17-21(22-7-5-9-24(30)18(22)2)6-4-8-23(17)28-32-26-15-19(14-25(31)27(26)36-28)16-33-12-10-20(11-13-33)29(34)35-3/h4-9,14-15,20H,10-13,16,30-31H2,1-3H3. The maximum Gasteiger partial charge on any atom is 0.308 e. The number of benzene rings is 3. The lowest BCUT2D eigenvalue weighted by Gasteiger charge is -2.30. The maximum absolute atomic E-state index is 11.8. The predicted molar refractivity (Wildman–Crippen MR) is 143 cm³/mol. The number of hydrogen-bond acceptors (Lipinski definition) is 7. The van der Waals surface area contributed by atoms with E-state index in [9.17, 15) is 4.79 Å². The SMILES string of the molecule is COC(=O)C1CCN(Cc2cc(N)c3oc(-c4cccc(-c5cccc(N)c5C)c4C)nc3c2)CC1. The lowest BCUT2D eigenvalue weighted by molar-refractivity contribution is -0.147. The summed E-state index contributed by atoms with van der Waals surface area (Å²) in [6.45, 7) is 6.55. The maximum atomic E-state index is 11.8. The minimum atomic E-state index is -0.110. The van der Waals surface area contributed by atoms with E-state index < -0.39 is 0 Å². The van der Waals surface area contributed by atoms with E-state index in [1.807, 2.05) is 43.3 Å². The van der Waals surface area contributed by atoms with E-state index in [1.165, 1.54) is 7.11 Å². The molecule has 2 heterocycles. The zero-order valence-corrected chi connectivity index (χ0v) is 21.0. The number of methoxy groups -OCH3 is 1. The number of nitrogen functional groups attached to an aromatic ring is 2. The smallest absolute Gasteiger partial charge is 0.308 e. The van der Waals surface area contributed by atoms with Crippen LogP contribution in [-0.2, 0) is 16.1 Å². The average Bonchev–Trinajstić information content (AvgIpc) is 3.30. The monoisotopic (exact) mass is 484 g/mol. The zero-order chi connectivity index (χ0) is 25.4. The number of nitrogens with two attached hydrogens (primary N) is 2. The van der Waals surface area contributed by atoms with Crippen molar-refractivity contribution in [2.45, 2.75) is 33.2 Å². The van der Waals surface area contributed by atoms with E-state index in [-0.39, 0.29) is 11.9 Å². The number of nitrogens with zero attached hydrogens (tertiary/aromatic N) is 2. The average molecular weight is 485 g/mol. The zero-order valence-electron chi connectivity index (χ0n) is 21.0. The minimum Gasteiger partial charge on any atom is -0.469 e. The van der Waals surface area contributed by atoms with Crippen LogP contribution in [0.4, 0.5) is 11.4 Å². The molecule has 1 saturated heterocycles. The van der Waals surface area contributed by atoms with Crippen LogP contribution in [-0.4, -0.2) is 36.1 Å². The van der Waals surface area contributed by atoms with E-state index in [0.29, 0.717) is 17.2 Å². The molecule has 4 aromatic rings. The summed E-state index contributed by atoms with van der Waals surface area (Å²) in [6, 6.07) is 16.1. The summed E-state index contributed by atoms with van der Waals surface area (Å²) in [7, 11) is 1.45. The van der Waals surface area contributed by atoms with Crippen LogP contribution in [0.5, 0.6) is 0 Å². The number of oxazole rings is 1. The molecular weight excluding hydrogens is 452 g/mol. The summed E-state index contributed by atoms with van der Waals surface area (Å²) in [4.78, 5) is 19.0. The number of hydrogen-bond donors (Lipinski definition) is 2. The first-order valence-electron chi connectivity index (χ1n) is 12.3. The van der Waals surface area contributed by atoms with Crippen molar-refractivity contribution in [3.63, 3.8) is 0 Å². The molecule has 0 aliphatic carbocycles. The third-order valence-corrected chi connectivity index (χ3v) is 7.34. The second-order valence-corrected chi connectivity index (χ2v) is 9.62. The van der Waals surface area contributed by atoms with Crippen molar-refractivity contribution in [2.75, 3.05) is 31.7 Å². The number of rotatable bonds is 5. The summed E-state index contributed by atoms with van der Waals surface area (Å²) >= 11 is 0. The number of carbonyl (C=O) groups is 1. The topological polar surface area (TPSA) is 108 Å². The first kappa shape index (κ1) is 23.9. The van der Waals surface area contributed by atoms with Gasteiger partial charge in [-0.3, -0.25) is 9.69 Å². The van der Waals surface area contributed by atoms with Crippen LogP contribution in [0.3, 0.4) is 0 Å².